The van der Waals surface area contributed by atoms with E-state index in [0.29, 0.717) is 30.1 Å². The van der Waals surface area contributed by atoms with Gasteiger partial charge in [0.2, 0.25) is 21.8 Å². The first-order valence-electron chi connectivity index (χ1n) is 12.1. The predicted molar refractivity (Wildman–Crippen MR) is 147 cm³/mol. The number of nitrogens with zero attached hydrogens (tertiary/aromatic N) is 2. The highest BCUT2D eigenvalue weighted by atomic mass is 35.5. The molecule has 2 aromatic rings. The van der Waals surface area contributed by atoms with Crippen molar-refractivity contribution in [2.75, 3.05) is 17.1 Å². The molecule has 2 aromatic carbocycles. The van der Waals surface area contributed by atoms with Crippen molar-refractivity contribution in [3.05, 3.63) is 64.7 Å². The topological polar surface area (TPSA) is 86.8 Å². The molecule has 2 rings (SSSR count). The normalized spacial score (nSPS) is 12.6. The van der Waals surface area contributed by atoms with Gasteiger partial charge in [-0.3, -0.25) is 13.9 Å². The summed E-state index contributed by atoms with van der Waals surface area (Å²) in [7, 11) is -3.58. The first-order valence-corrected chi connectivity index (χ1v) is 14.3. The van der Waals surface area contributed by atoms with Crippen LogP contribution in [0.25, 0.3) is 0 Å². The number of benzene rings is 2. The van der Waals surface area contributed by atoms with E-state index in [2.05, 4.69) is 5.32 Å². The van der Waals surface area contributed by atoms with E-state index in [-0.39, 0.29) is 24.8 Å². The molecule has 0 aliphatic rings. The Morgan fingerprint density at radius 3 is 2.31 bits per heavy atom. The van der Waals surface area contributed by atoms with Gasteiger partial charge < -0.3 is 10.2 Å². The van der Waals surface area contributed by atoms with Gasteiger partial charge >= 0.3 is 0 Å². The number of rotatable bonds is 11. The Labute approximate surface area is 220 Å². The zero-order valence-corrected chi connectivity index (χ0v) is 23.6. The molecular formula is C27H38ClN3O4S. The summed E-state index contributed by atoms with van der Waals surface area (Å²) in [5.74, 6) is -0.408. The molecule has 0 saturated heterocycles. The van der Waals surface area contributed by atoms with Crippen LogP contribution >= 0.6 is 11.6 Å². The van der Waals surface area contributed by atoms with E-state index in [1.54, 1.807) is 29.2 Å². The van der Waals surface area contributed by atoms with Crippen molar-refractivity contribution in [2.45, 2.75) is 72.0 Å². The highest BCUT2D eigenvalue weighted by molar-refractivity contribution is 7.92. The maximum Gasteiger partial charge on any atom is 0.243 e. The quantitative estimate of drug-likeness (QED) is 0.442. The lowest BCUT2D eigenvalue weighted by molar-refractivity contribution is -0.142. The Kier molecular flexibility index (Phi) is 10.4. The lowest BCUT2D eigenvalue weighted by Crippen LogP contribution is -2.53. The second-order valence-electron chi connectivity index (χ2n) is 10.1. The second kappa shape index (κ2) is 12.6. The molecule has 0 unspecified atom stereocenters. The van der Waals surface area contributed by atoms with Gasteiger partial charge in [0.1, 0.15) is 6.04 Å². The van der Waals surface area contributed by atoms with Gasteiger partial charge in [0, 0.05) is 30.1 Å². The zero-order valence-electron chi connectivity index (χ0n) is 22.0. The number of amides is 2. The van der Waals surface area contributed by atoms with Crippen molar-refractivity contribution in [3.8, 4) is 0 Å². The van der Waals surface area contributed by atoms with E-state index in [4.69, 9.17) is 11.6 Å². The van der Waals surface area contributed by atoms with Crippen LogP contribution in [-0.4, -0.2) is 49.5 Å². The summed E-state index contributed by atoms with van der Waals surface area (Å²) in [6, 6.07) is 13.8. The van der Waals surface area contributed by atoms with Crippen LogP contribution in [0.15, 0.2) is 48.5 Å². The average Bonchev–Trinajstić information content (AvgIpc) is 2.74. The molecule has 9 heteroatoms. The number of nitrogens with one attached hydrogen (secondary N) is 1. The van der Waals surface area contributed by atoms with E-state index in [9.17, 15) is 18.0 Å². The number of carbonyl (C=O) groups is 2. The highest BCUT2D eigenvalue weighted by Crippen LogP contribution is 2.23. The third-order valence-corrected chi connectivity index (χ3v) is 7.00. The van der Waals surface area contributed by atoms with Crippen LogP contribution in [-0.2, 0) is 26.2 Å². The summed E-state index contributed by atoms with van der Waals surface area (Å²) in [6.45, 7) is 9.98. The Bertz CT molecular complexity index is 1160. The maximum atomic E-state index is 13.5. The standard InChI is InChI=1S/C27H38ClN3O4S/c1-7-24(26(33)29-27(3,4)5)30(19-21-12-8-11-20(2)17-21)25(32)15-10-16-31(36(6,34)35)23-14-9-13-22(28)18-23/h8-9,11-14,17-18,24H,7,10,15-16,19H2,1-6H3,(H,29,33)/t24-/m1/s1. The molecule has 0 heterocycles. The number of hydrogen-bond donors (Lipinski definition) is 1. The van der Waals surface area contributed by atoms with Gasteiger partial charge in [-0.05, 0) is 64.3 Å². The molecule has 0 aliphatic heterocycles. The number of aryl methyl sites for hydroxylation is 1. The largest absolute Gasteiger partial charge is 0.350 e. The van der Waals surface area contributed by atoms with Crippen molar-refractivity contribution >= 4 is 39.1 Å². The number of carbonyl (C=O) groups excluding carboxylic acids is 2. The summed E-state index contributed by atoms with van der Waals surface area (Å²) in [6.07, 6.45) is 1.97. The Balaban J connectivity index is 2.24. The van der Waals surface area contributed by atoms with Crippen LogP contribution in [0, 0.1) is 6.92 Å². The van der Waals surface area contributed by atoms with E-state index >= 15 is 0 Å². The maximum absolute atomic E-state index is 13.5. The zero-order chi connectivity index (χ0) is 27.1. The smallest absolute Gasteiger partial charge is 0.243 e. The fraction of sp³-hybridized carbons (Fsp3) is 0.481. The van der Waals surface area contributed by atoms with Gasteiger partial charge in [-0.25, -0.2) is 8.42 Å². The summed E-state index contributed by atoms with van der Waals surface area (Å²) < 4.78 is 26.1. The van der Waals surface area contributed by atoms with Crippen molar-refractivity contribution in [1.82, 2.24) is 10.2 Å². The van der Waals surface area contributed by atoms with Crippen LogP contribution in [0.4, 0.5) is 5.69 Å². The first-order chi connectivity index (χ1) is 16.7. The van der Waals surface area contributed by atoms with Crippen LogP contribution < -0.4 is 9.62 Å². The highest BCUT2D eigenvalue weighted by Gasteiger charge is 2.30. The molecule has 1 atom stereocenters. The third kappa shape index (κ3) is 9.13. The molecule has 2 amide bonds. The molecule has 1 N–H and O–H groups in total. The number of halogens is 1. The minimum atomic E-state index is -3.58. The van der Waals surface area contributed by atoms with Crippen molar-refractivity contribution < 1.29 is 18.0 Å². The van der Waals surface area contributed by atoms with Gasteiger partial charge in [0.05, 0.1) is 11.9 Å². The molecule has 36 heavy (non-hydrogen) atoms. The summed E-state index contributed by atoms with van der Waals surface area (Å²) in [5, 5.41) is 3.42. The molecule has 7 nitrogen and oxygen atoms in total. The predicted octanol–water partition coefficient (Wildman–Crippen LogP) is 4.92. The number of hydrogen-bond acceptors (Lipinski definition) is 4. The fourth-order valence-corrected chi connectivity index (χ4v) is 5.16. The van der Waals surface area contributed by atoms with Gasteiger partial charge in [0.25, 0.3) is 0 Å². The fourth-order valence-electron chi connectivity index (χ4n) is 4.01. The Hall–Kier alpha value is -2.58. The van der Waals surface area contributed by atoms with Crippen LogP contribution in [0.3, 0.4) is 0 Å². The van der Waals surface area contributed by atoms with Crippen LogP contribution in [0.5, 0.6) is 0 Å². The van der Waals surface area contributed by atoms with Crippen LogP contribution in [0.1, 0.15) is 58.1 Å². The lowest BCUT2D eigenvalue weighted by atomic mass is 10.0. The van der Waals surface area contributed by atoms with E-state index < -0.39 is 21.6 Å². The molecule has 0 radical (unpaired) electrons. The van der Waals surface area contributed by atoms with Crippen molar-refractivity contribution in [1.29, 1.82) is 0 Å². The third-order valence-electron chi connectivity index (χ3n) is 5.57. The molecule has 0 saturated carbocycles. The van der Waals surface area contributed by atoms with E-state index in [1.165, 1.54) is 4.31 Å². The SMILES string of the molecule is CC[C@H](C(=O)NC(C)(C)C)N(Cc1cccc(C)c1)C(=O)CCCN(c1cccc(Cl)c1)S(C)(=O)=O. The first kappa shape index (κ1) is 29.6. The van der Waals surface area contributed by atoms with Gasteiger partial charge in [-0.1, -0.05) is 54.4 Å². The second-order valence-corrected chi connectivity index (χ2v) is 12.4. The monoisotopic (exact) mass is 535 g/mol. The molecule has 0 bridgehead atoms. The van der Waals surface area contributed by atoms with E-state index in [1.807, 2.05) is 58.9 Å². The minimum absolute atomic E-state index is 0.0949. The number of sulfonamides is 1. The van der Waals surface area contributed by atoms with Crippen molar-refractivity contribution in [3.63, 3.8) is 0 Å². The molecule has 0 aromatic heterocycles. The molecule has 0 fully saturated rings. The number of anilines is 1. The van der Waals surface area contributed by atoms with Gasteiger partial charge in [-0.15, -0.1) is 0 Å². The molecule has 0 aliphatic carbocycles. The Morgan fingerprint density at radius 1 is 1.08 bits per heavy atom. The summed E-state index contributed by atoms with van der Waals surface area (Å²) in [4.78, 5) is 28.2. The average molecular weight is 536 g/mol. The minimum Gasteiger partial charge on any atom is -0.350 e. The molecule has 198 valence electrons. The molecule has 0 spiro atoms. The Morgan fingerprint density at radius 2 is 1.75 bits per heavy atom. The van der Waals surface area contributed by atoms with Gasteiger partial charge in [-0.2, -0.15) is 0 Å². The summed E-state index contributed by atoms with van der Waals surface area (Å²) >= 11 is 6.06. The summed E-state index contributed by atoms with van der Waals surface area (Å²) in [5.41, 5.74) is 2.01. The lowest BCUT2D eigenvalue weighted by Gasteiger charge is -2.33. The van der Waals surface area contributed by atoms with Gasteiger partial charge in [0.15, 0.2) is 0 Å². The van der Waals surface area contributed by atoms with Crippen molar-refractivity contribution in [2.24, 2.45) is 0 Å². The van der Waals surface area contributed by atoms with E-state index in [0.717, 1.165) is 17.4 Å². The molecular weight excluding hydrogens is 498 g/mol. The van der Waals surface area contributed by atoms with Crippen LogP contribution in [0.2, 0.25) is 5.02 Å².